The average molecular weight is 327 g/mol. The third kappa shape index (κ3) is 2.02. The summed E-state index contributed by atoms with van der Waals surface area (Å²) in [6.45, 7) is 3.88. The van der Waals surface area contributed by atoms with Gasteiger partial charge in [-0.3, -0.25) is 9.08 Å². The summed E-state index contributed by atoms with van der Waals surface area (Å²) in [7, 11) is 2.09. The summed E-state index contributed by atoms with van der Waals surface area (Å²) < 4.78 is 17.5. The Morgan fingerprint density at radius 3 is 2.71 bits per heavy atom. The van der Waals surface area contributed by atoms with Crippen LogP contribution < -0.4 is 4.90 Å². The lowest BCUT2D eigenvalue weighted by Gasteiger charge is -2.36. The van der Waals surface area contributed by atoms with Gasteiger partial charge in [0.05, 0.1) is 24.1 Å². The van der Waals surface area contributed by atoms with Crippen molar-refractivity contribution >= 4 is 11.5 Å². The number of fused-ring (bicyclic) bond motifs is 1. The minimum atomic E-state index is -0.372. The largest absolute Gasteiger partial charge is 0.353 e. The van der Waals surface area contributed by atoms with Crippen molar-refractivity contribution in [3.8, 4) is 11.3 Å². The molecule has 24 heavy (non-hydrogen) atoms. The Bertz CT molecular complexity index is 904. The maximum Gasteiger partial charge on any atom is 0.218 e. The monoisotopic (exact) mass is 327 g/mol. The van der Waals surface area contributed by atoms with Gasteiger partial charge in [0.15, 0.2) is 11.5 Å². The molecule has 2 fully saturated rings. The van der Waals surface area contributed by atoms with Crippen LogP contribution >= 0.6 is 0 Å². The van der Waals surface area contributed by atoms with Crippen LogP contribution in [0.15, 0.2) is 24.8 Å². The SMILES string of the molecule is CN1CC(n2cc(-c3cn4c(F)cnc4c(N4CCC4)n3)cn2)C1. The summed E-state index contributed by atoms with van der Waals surface area (Å²) >= 11 is 0. The highest BCUT2D eigenvalue weighted by atomic mass is 19.1. The van der Waals surface area contributed by atoms with Gasteiger partial charge in [-0.2, -0.15) is 9.49 Å². The first-order valence-corrected chi connectivity index (χ1v) is 8.20. The normalized spacial score (nSPS) is 18.8. The summed E-state index contributed by atoms with van der Waals surface area (Å²) in [6, 6.07) is 0.410. The van der Waals surface area contributed by atoms with E-state index < -0.39 is 0 Å². The number of likely N-dealkylation sites (tertiary alicyclic amines) is 1. The first-order chi connectivity index (χ1) is 11.7. The molecular weight excluding hydrogens is 309 g/mol. The van der Waals surface area contributed by atoms with Crippen molar-refractivity contribution in [3.05, 3.63) is 30.7 Å². The van der Waals surface area contributed by atoms with Gasteiger partial charge >= 0.3 is 0 Å². The second-order valence-corrected chi connectivity index (χ2v) is 6.65. The van der Waals surface area contributed by atoms with Gasteiger partial charge in [0, 0.05) is 44.1 Å². The molecule has 5 rings (SSSR count). The number of likely N-dealkylation sites (N-methyl/N-ethyl adjacent to an activating group) is 1. The molecule has 2 aliphatic heterocycles. The fourth-order valence-corrected chi connectivity index (χ4v) is 3.33. The molecule has 0 spiro atoms. The van der Waals surface area contributed by atoms with E-state index in [2.05, 4.69) is 26.9 Å². The molecule has 0 bridgehead atoms. The van der Waals surface area contributed by atoms with Crippen LogP contribution in [-0.4, -0.2) is 62.3 Å². The molecule has 0 amide bonds. The molecule has 3 aromatic rings. The second-order valence-electron chi connectivity index (χ2n) is 6.65. The minimum absolute atomic E-state index is 0.372. The summed E-state index contributed by atoms with van der Waals surface area (Å²) in [5.41, 5.74) is 2.20. The number of nitrogens with zero attached hydrogens (tertiary/aromatic N) is 7. The first-order valence-electron chi connectivity index (χ1n) is 8.20. The zero-order valence-electron chi connectivity index (χ0n) is 13.4. The molecule has 124 valence electrons. The molecule has 7 nitrogen and oxygen atoms in total. The molecule has 0 unspecified atom stereocenters. The van der Waals surface area contributed by atoms with Crippen molar-refractivity contribution in [1.82, 2.24) is 29.0 Å². The second kappa shape index (κ2) is 5.01. The number of rotatable bonds is 3. The van der Waals surface area contributed by atoms with Crippen molar-refractivity contribution in [2.24, 2.45) is 0 Å². The van der Waals surface area contributed by atoms with Crippen LogP contribution in [0.2, 0.25) is 0 Å². The van der Waals surface area contributed by atoms with E-state index in [0.29, 0.717) is 11.7 Å². The van der Waals surface area contributed by atoms with Crippen molar-refractivity contribution in [2.75, 3.05) is 38.1 Å². The molecular formula is C16H18FN7. The van der Waals surface area contributed by atoms with E-state index in [1.807, 2.05) is 10.9 Å². The Morgan fingerprint density at radius 1 is 1.17 bits per heavy atom. The number of hydrogen-bond acceptors (Lipinski definition) is 5. The lowest BCUT2D eigenvalue weighted by Crippen LogP contribution is -2.45. The average Bonchev–Trinajstić information content (AvgIpc) is 3.10. The van der Waals surface area contributed by atoms with Gasteiger partial charge in [-0.25, -0.2) is 9.97 Å². The predicted octanol–water partition coefficient (Wildman–Crippen LogP) is 1.43. The maximum atomic E-state index is 14.1. The summed E-state index contributed by atoms with van der Waals surface area (Å²) in [5.74, 6) is 0.377. The Balaban J connectivity index is 1.57. The first kappa shape index (κ1) is 13.9. The van der Waals surface area contributed by atoms with Gasteiger partial charge < -0.3 is 9.80 Å². The third-order valence-electron chi connectivity index (χ3n) is 4.90. The molecule has 0 atom stereocenters. The molecule has 5 heterocycles. The Labute approximate surface area is 138 Å². The fraction of sp³-hybridized carbons (Fsp3) is 0.438. The summed E-state index contributed by atoms with van der Waals surface area (Å²) in [4.78, 5) is 13.3. The van der Waals surface area contributed by atoms with Gasteiger partial charge in [-0.1, -0.05) is 0 Å². The predicted molar refractivity (Wildman–Crippen MR) is 87.5 cm³/mol. The smallest absolute Gasteiger partial charge is 0.218 e. The summed E-state index contributed by atoms with van der Waals surface area (Å²) in [6.07, 6.45) is 7.89. The number of hydrogen-bond donors (Lipinski definition) is 0. The zero-order valence-corrected chi connectivity index (χ0v) is 13.4. The maximum absolute atomic E-state index is 14.1. The standard InChI is InChI=1S/C16H18FN7/c1-21-8-12(9-21)24-7-11(5-19-24)13-10-23-14(17)6-18-15(23)16(20-13)22-3-2-4-22/h5-7,10,12H,2-4,8-9H2,1H3. The number of aromatic nitrogens is 5. The minimum Gasteiger partial charge on any atom is -0.353 e. The van der Waals surface area contributed by atoms with E-state index in [1.165, 1.54) is 10.6 Å². The summed E-state index contributed by atoms with van der Waals surface area (Å²) in [5, 5.41) is 4.47. The Hall–Kier alpha value is -2.48. The molecule has 0 N–H and O–H groups in total. The molecule has 8 heteroatoms. The van der Waals surface area contributed by atoms with E-state index in [-0.39, 0.29) is 5.95 Å². The van der Waals surface area contributed by atoms with Crippen molar-refractivity contribution < 1.29 is 4.39 Å². The number of imidazole rings is 1. The van der Waals surface area contributed by atoms with E-state index >= 15 is 0 Å². The topological polar surface area (TPSA) is 54.5 Å². The van der Waals surface area contributed by atoms with Crippen molar-refractivity contribution in [2.45, 2.75) is 12.5 Å². The van der Waals surface area contributed by atoms with Crippen LogP contribution in [0.1, 0.15) is 12.5 Å². The van der Waals surface area contributed by atoms with Crippen LogP contribution in [0.5, 0.6) is 0 Å². The Morgan fingerprint density at radius 2 is 2.00 bits per heavy atom. The highest BCUT2D eigenvalue weighted by Crippen LogP contribution is 2.28. The van der Waals surface area contributed by atoms with Crippen LogP contribution in [0.3, 0.4) is 0 Å². The quantitative estimate of drug-likeness (QED) is 0.728. The Kier molecular flexibility index (Phi) is 2.90. The molecule has 0 aliphatic carbocycles. The van der Waals surface area contributed by atoms with Crippen LogP contribution in [-0.2, 0) is 0 Å². The van der Waals surface area contributed by atoms with E-state index in [1.54, 1.807) is 12.4 Å². The van der Waals surface area contributed by atoms with Crippen LogP contribution in [0.4, 0.5) is 10.2 Å². The highest BCUT2D eigenvalue weighted by Gasteiger charge is 2.26. The van der Waals surface area contributed by atoms with Crippen LogP contribution in [0, 0.1) is 5.95 Å². The molecule has 0 radical (unpaired) electrons. The fourth-order valence-electron chi connectivity index (χ4n) is 3.33. The third-order valence-corrected chi connectivity index (χ3v) is 4.90. The van der Waals surface area contributed by atoms with Crippen LogP contribution in [0.25, 0.3) is 16.9 Å². The van der Waals surface area contributed by atoms with E-state index in [9.17, 15) is 4.39 Å². The van der Waals surface area contributed by atoms with Crippen molar-refractivity contribution in [3.63, 3.8) is 0 Å². The molecule has 0 aromatic carbocycles. The highest BCUT2D eigenvalue weighted by molar-refractivity contribution is 5.70. The molecule has 3 aromatic heterocycles. The van der Waals surface area contributed by atoms with E-state index in [4.69, 9.17) is 4.98 Å². The van der Waals surface area contributed by atoms with Gasteiger partial charge in [0.25, 0.3) is 0 Å². The van der Waals surface area contributed by atoms with Gasteiger partial charge in [-0.05, 0) is 13.5 Å². The van der Waals surface area contributed by atoms with Crippen molar-refractivity contribution in [1.29, 1.82) is 0 Å². The zero-order chi connectivity index (χ0) is 16.3. The molecule has 2 saturated heterocycles. The van der Waals surface area contributed by atoms with Gasteiger partial charge in [0.2, 0.25) is 5.95 Å². The van der Waals surface area contributed by atoms with Gasteiger partial charge in [-0.15, -0.1) is 0 Å². The molecule has 2 aliphatic rings. The number of anilines is 1. The van der Waals surface area contributed by atoms with Gasteiger partial charge in [0.1, 0.15) is 0 Å². The lowest BCUT2D eigenvalue weighted by atomic mass is 10.1. The molecule has 0 saturated carbocycles. The van der Waals surface area contributed by atoms with E-state index in [0.717, 1.165) is 49.7 Å². The number of halogens is 1. The lowest BCUT2D eigenvalue weighted by molar-refractivity contribution is 0.130.